The largest absolute Gasteiger partial charge is 0.467 e. The first-order valence-corrected chi connectivity index (χ1v) is 13.0. The zero-order chi connectivity index (χ0) is 25.9. The number of allylic oxidation sites excluding steroid dienone is 3. The molecule has 0 spiro atoms. The van der Waals surface area contributed by atoms with Crippen LogP contribution in [0.25, 0.3) is 11.6 Å². The Morgan fingerprint density at radius 1 is 1.14 bits per heavy atom. The van der Waals surface area contributed by atoms with E-state index in [2.05, 4.69) is 59.7 Å². The minimum atomic E-state index is -0.598. The maximum atomic E-state index is 13.1. The van der Waals surface area contributed by atoms with Crippen LogP contribution in [-0.4, -0.2) is 60.6 Å². The maximum absolute atomic E-state index is 13.1. The van der Waals surface area contributed by atoms with Crippen molar-refractivity contribution < 1.29 is 13.9 Å². The number of ether oxygens (including phenoxy) is 1. The summed E-state index contributed by atoms with van der Waals surface area (Å²) in [7, 11) is 1.59. The smallest absolute Gasteiger partial charge is 0.318 e. The summed E-state index contributed by atoms with van der Waals surface area (Å²) in [5.41, 5.74) is 7.32. The number of benzene rings is 1. The second-order valence-corrected chi connectivity index (χ2v) is 9.65. The molecule has 3 aliphatic rings. The van der Waals surface area contributed by atoms with Crippen LogP contribution in [0.3, 0.4) is 0 Å². The van der Waals surface area contributed by atoms with Crippen molar-refractivity contribution in [2.24, 2.45) is 0 Å². The van der Waals surface area contributed by atoms with E-state index in [0.29, 0.717) is 38.7 Å². The molecule has 0 unspecified atom stereocenters. The molecule has 1 amide bonds. The van der Waals surface area contributed by atoms with E-state index in [1.54, 1.807) is 12.0 Å². The molecule has 194 valence electrons. The highest BCUT2D eigenvalue weighted by Crippen LogP contribution is 2.38. The molecule has 2 aromatic rings. The van der Waals surface area contributed by atoms with Crippen LogP contribution >= 0.6 is 0 Å². The van der Waals surface area contributed by atoms with Gasteiger partial charge in [-0.2, -0.15) is 9.97 Å². The minimum absolute atomic E-state index is 0.220. The monoisotopic (exact) mass is 503 g/mol. The number of aromatic nitrogens is 2. The van der Waals surface area contributed by atoms with E-state index < -0.39 is 5.83 Å². The van der Waals surface area contributed by atoms with Gasteiger partial charge in [0, 0.05) is 49.5 Å². The molecule has 1 aliphatic carbocycles. The number of nitrogens with zero attached hydrogens (tertiary/aromatic N) is 5. The Bertz CT molecular complexity index is 1260. The van der Waals surface area contributed by atoms with Crippen molar-refractivity contribution in [3.05, 3.63) is 65.1 Å². The molecule has 3 heterocycles. The number of piperazine rings is 1. The lowest BCUT2D eigenvalue weighted by Gasteiger charge is -2.38. The first kappa shape index (κ1) is 25.0. The molecule has 5 rings (SSSR count). The number of hydrogen-bond donors (Lipinski definition) is 0. The predicted octanol–water partition coefficient (Wildman–Crippen LogP) is 4.78. The van der Waals surface area contributed by atoms with Crippen LogP contribution in [0, 0.1) is 0 Å². The number of anilines is 2. The van der Waals surface area contributed by atoms with Crippen molar-refractivity contribution in [1.82, 2.24) is 14.9 Å². The molecule has 37 heavy (non-hydrogen) atoms. The van der Waals surface area contributed by atoms with E-state index in [-0.39, 0.29) is 12.3 Å². The van der Waals surface area contributed by atoms with Crippen LogP contribution in [0.15, 0.2) is 42.8 Å². The van der Waals surface area contributed by atoms with Gasteiger partial charge in [-0.15, -0.1) is 0 Å². The molecule has 0 saturated carbocycles. The van der Waals surface area contributed by atoms with E-state index in [9.17, 15) is 9.18 Å². The average molecular weight is 504 g/mol. The number of rotatable bonds is 6. The van der Waals surface area contributed by atoms with Crippen molar-refractivity contribution in [3.8, 4) is 6.01 Å². The lowest BCUT2D eigenvalue weighted by molar-refractivity contribution is -0.131. The molecule has 1 aromatic heterocycles. The maximum Gasteiger partial charge on any atom is 0.318 e. The lowest BCUT2D eigenvalue weighted by atomic mass is 9.94. The van der Waals surface area contributed by atoms with Gasteiger partial charge in [0.2, 0.25) is 5.91 Å². The van der Waals surface area contributed by atoms with Gasteiger partial charge in [-0.25, -0.2) is 4.39 Å². The summed E-state index contributed by atoms with van der Waals surface area (Å²) < 4.78 is 18.6. The zero-order valence-electron chi connectivity index (χ0n) is 21.7. The van der Waals surface area contributed by atoms with Crippen molar-refractivity contribution in [2.75, 3.05) is 49.6 Å². The summed E-state index contributed by atoms with van der Waals surface area (Å²) >= 11 is 0. The van der Waals surface area contributed by atoms with Crippen LogP contribution in [0.1, 0.15) is 48.6 Å². The van der Waals surface area contributed by atoms with Gasteiger partial charge in [0.1, 0.15) is 11.6 Å². The van der Waals surface area contributed by atoms with Gasteiger partial charge in [-0.05, 0) is 36.5 Å². The molecule has 1 saturated heterocycles. The summed E-state index contributed by atoms with van der Waals surface area (Å²) in [4.78, 5) is 28.1. The van der Waals surface area contributed by atoms with Gasteiger partial charge in [0.25, 0.3) is 0 Å². The highest BCUT2D eigenvalue weighted by atomic mass is 19.1. The first-order valence-electron chi connectivity index (χ1n) is 13.0. The molecule has 1 fully saturated rings. The van der Waals surface area contributed by atoms with Gasteiger partial charge < -0.3 is 19.4 Å². The molecule has 0 N–H and O–H groups in total. The Morgan fingerprint density at radius 3 is 2.68 bits per heavy atom. The fourth-order valence-corrected chi connectivity index (χ4v) is 5.53. The number of amides is 1. The van der Waals surface area contributed by atoms with E-state index in [0.717, 1.165) is 42.9 Å². The fourth-order valence-electron chi connectivity index (χ4n) is 5.53. The molecule has 2 aliphatic heterocycles. The molecule has 0 radical (unpaired) electrons. The van der Waals surface area contributed by atoms with Gasteiger partial charge in [0.15, 0.2) is 0 Å². The standard InChI is InChI=1S/C29H34FN5O2/c1-4-21-8-5-6-9-22-10-7-11-25(27(21)22)35-13-12-23-24(19-35)31-29(37-3)32-28(23)34-16-14-33(15-17-34)26(36)18-20(2)30/h6-11H,2,4-5,12-19H2,1,3H3. The van der Waals surface area contributed by atoms with Gasteiger partial charge in [0.05, 0.1) is 25.8 Å². The fraction of sp³-hybridized carbons (Fsp3) is 0.414. The summed E-state index contributed by atoms with van der Waals surface area (Å²) in [6.07, 6.45) is 9.30. The Balaban J connectivity index is 1.41. The normalized spacial score (nSPS) is 17.1. The summed E-state index contributed by atoms with van der Waals surface area (Å²) in [6.45, 7) is 9.28. The third-order valence-corrected chi connectivity index (χ3v) is 7.40. The minimum Gasteiger partial charge on any atom is -0.467 e. The van der Waals surface area contributed by atoms with E-state index in [1.807, 2.05) is 0 Å². The molecule has 0 atom stereocenters. The third-order valence-electron chi connectivity index (χ3n) is 7.40. The quantitative estimate of drug-likeness (QED) is 0.566. The van der Waals surface area contributed by atoms with Crippen LogP contribution < -0.4 is 14.5 Å². The van der Waals surface area contributed by atoms with Gasteiger partial charge in [-0.1, -0.05) is 43.9 Å². The number of halogens is 1. The number of fused-ring (bicyclic) bond motifs is 2. The Kier molecular flexibility index (Phi) is 7.26. The SMILES string of the molecule is C=C(F)CC(=O)N1CCN(c2nc(OC)nc3c2CCN(c2cccc4c2C(CC)=CCC=C4)C3)CC1. The zero-order valence-corrected chi connectivity index (χ0v) is 21.7. The van der Waals surface area contributed by atoms with E-state index >= 15 is 0 Å². The third kappa shape index (κ3) is 5.10. The number of hydrogen-bond acceptors (Lipinski definition) is 6. The topological polar surface area (TPSA) is 61.8 Å². The molecule has 8 heteroatoms. The van der Waals surface area contributed by atoms with Crippen LogP contribution in [0.5, 0.6) is 6.01 Å². The second kappa shape index (κ2) is 10.7. The van der Waals surface area contributed by atoms with Crippen molar-refractivity contribution in [3.63, 3.8) is 0 Å². The van der Waals surface area contributed by atoms with Crippen LogP contribution in [0.2, 0.25) is 0 Å². The molecule has 1 aromatic carbocycles. The van der Waals surface area contributed by atoms with E-state index in [1.165, 1.54) is 22.4 Å². The second-order valence-electron chi connectivity index (χ2n) is 9.65. The number of carbonyl (C=O) groups excluding carboxylic acids is 1. The molecular formula is C29H34FN5O2. The average Bonchev–Trinajstić information content (AvgIpc) is 3.14. The summed E-state index contributed by atoms with van der Waals surface area (Å²) in [5, 5.41) is 0. The summed E-state index contributed by atoms with van der Waals surface area (Å²) in [6, 6.07) is 6.90. The Hall–Kier alpha value is -3.68. The Morgan fingerprint density at radius 2 is 1.95 bits per heavy atom. The van der Waals surface area contributed by atoms with Gasteiger partial charge in [-0.3, -0.25) is 4.79 Å². The van der Waals surface area contributed by atoms with Crippen LogP contribution in [0.4, 0.5) is 15.9 Å². The van der Waals surface area contributed by atoms with E-state index in [4.69, 9.17) is 14.7 Å². The number of carbonyl (C=O) groups is 1. The molecule has 0 bridgehead atoms. The Labute approximate surface area is 217 Å². The van der Waals surface area contributed by atoms with Crippen molar-refractivity contribution >= 4 is 29.1 Å². The molecule has 7 nitrogen and oxygen atoms in total. The van der Waals surface area contributed by atoms with Crippen molar-refractivity contribution in [2.45, 2.75) is 39.2 Å². The van der Waals surface area contributed by atoms with Gasteiger partial charge >= 0.3 is 6.01 Å². The highest BCUT2D eigenvalue weighted by Gasteiger charge is 2.30. The van der Waals surface area contributed by atoms with Crippen LogP contribution in [-0.2, 0) is 17.8 Å². The lowest BCUT2D eigenvalue weighted by Crippen LogP contribution is -2.49. The molecular weight excluding hydrogens is 469 g/mol. The predicted molar refractivity (Wildman–Crippen MR) is 145 cm³/mol. The summed E-state index contributed by atoms with van der Waals surface area (Å²) in [5.74, 6) is 0.0642. The first-order chi connectivity index (χ1) is 18.0. The highest BCUT2D eigenvalue weighted by molar-refractivity contribution is 5.85. The van der Waals surface area contributed by atoms with Crippen molar-refractivity contribution in [1.29, 1.82) is 0 Å². The number of methoxy groups -OCH3 is 1.